The van der Waals surface area contributed by atoms with Crippen molar-refractivity contribution in [2.24, 2.45) is 0 Å². The van der Waals surface area contributed by atoms with Crippen LogP contribution in [0.3, 0.4) is 0 Å². The Hall–Kier alpha value is -14.6. The molecule has 2 N–H and O–H groups in total. The molecule has 6 nitrogen and oxygen atoms in total. The normalized spacial score (nSPS) is 11.4. The maximum absolute atomic E-state index is 8.94. The molecule has 0 atom stereocenters. The minimum atomic E-state index is -1.39. The van der Waals surface area contributed by atoms with Gasteiger partial charge in [-0.05, 0) is 217 Å². The molecular formula is C108H74BClN4O2. The summed E-state index contributed by atoms with van der Waals surface area (Å²) in [5.41, 5.74) is 30.8. The minimum Gasteiger partial charge on any atom is -0.423 e. The van der Waals surface area contributed by atoms with Gasteiger partial charge in [-0.1, -0.05) is 315 Å². The average Bonchev–Trinajstić information content (AvgIpc) is 1.60. The van der Waals surface area contributed by atoms with Crippen LogP contribution < -0.4 is 5.46 Å². The van der Waals surface area contributed by atoms with Crippen molar-refractivity contribution >= 4 is 111 Å². The molecule has 0 unspecified atom stereocenters. The van der Waals surface area contributed by atoms with Crippen LogP contribution in [0.25, 0.3) is 188 Å². The SMILES string of the molecule is Clc1cc(-c2ccc3c4ccccc4n(-c4ccccc4)c3c2)cc(-c2ccc3c4ccccc4n(-c4ccccc4)c3c2)c1.OB(O)c1ccc(-c2ccccc2)cc1.c1ccc(-c2ccc(-c3cc(-c4ccc5c6ccccc6n(-c6ccccc6)c5c4)cc(-c4ccc5c6ccccc6n(-c6ccccc6)c5c4)c3)cc2)cc1. The molecule has 0 bridgehead atoms. The van der Waals surface area contributed by atoms with Gasteiger partial charge in [-0.3, -0.25) is 0 Å². The summed E-state index contributed by atoms with van der Waals surface area (Å²) in [5, 5.41) is 28.6. The first-order chi connectivity index (χ1) is 57.3. The fourth-order valence-electron chi connectivity index (χ4n) is 17.0. The van der Waals surface area contributed by atoms with Crippen LogP contribution in [0, 0.1) is 0 Å². The number of nitrogens with zero attached hydrogens (tertiary/aromatic N) is 4. The molecule has 0 amide bonds. The van der Waals surface area contributed by atoms with E-state index in [4.69, 9.17) is 21.6 Å². The molecule has 0 radical (unpaired) electrons. The van der Waals surface area contributed by atoms with Crippen LogP contribution in [-0.2, 0) is 0 Å². The molecule has 0 saturated carbocycles. The Bertz CT molecular complexity index is 7030. The average molecular weight is 1510 g/mol. The quantitative estimate of drug-likeness (QED) is 0.120. The lowest BCUT2D eigenvalue weighted by molar-refractivity contribution is 0.426. The Morgan fingerprint density at radius 1 is 0.164 bits per heavy atom. The molecule has 8 heteroatoms. The molecule has 4 heterocycles. The summed E-state index contributed by atoms with van der Waals surface area (Å²) < 4.78 is 9.51. The van der Waals surface area contributed by atoms with Crippen molar-refractivity contribution in [3.63, 3.8) is 0 Å². The zero-order valence-corrected chi connectivity index (χ0v) is 64.0. The highest BCUT2D eigenvalue weighted by molar-refractivity contribution is 6.58. The third-order valence-electron chi connectivity index (χ3n) is 22.6. The van der Waals surface area contributed by atoms with Crippen LogP contribution in [0.1, 0.15) is 0 Å². The molecule has 0 aliphatic rings. The largest absolute Gasteiger partial charge is 0.488 e. The Morgan fingerprint density at radius 3 is 0.638 bits per heavy atom. The second kappa shape index (κ2) is 30.5. The number of benzene rings is 18. The van der Waals surface area contributed by atoms with Gasteiger partial charge in [0.15, 0.2) is 0 Å². The molecule has 18 aromatic carbocycles. The second-order valence-electron chi connectivity index (χ2n) is 29.5. The summed E-state index contributed by atoms with van der Waals surface area (Å²) in [6.07, 6.45) is 0. The van der Waals surface area contributed by atoms with Gasteiger partial charge in [0, 0.05) is 70.9 Å². The van der Waals surface area contributed by atoms with Crippen LogP contribution in [0.15, 0.2) is 437 Å². The Labute approximate surface area is 677 Å². The van der Waals surface area contributed by atoms with Crippen LogP contribution >= 0.6 is 11.6 Å². The molecule has 22 aromatic rings. The predicted octanol–water partition coefficient (Wildman–Crippen LogP) is 27.5. The third kappa shape index (κ3) is 13.3. The molecule has 22 rings (SSSR count). The summed E-state index contributed by atoms with van der Waals surface area (Å²) in [5.74, 6) is 0. The van der Waals surface area contributed by atoms with Crippen LogP contribution in [0.2, 0.25) is 5.02 Å². The smallest absolute Gasteiger partial charge is 0.423 e. The maximum Gasteiger partial charge on any atom is 0.488 e. The van der Waals surface area contributed by atoms with Crippen molar-refractivity contribution in [1.29, 1.82) is 0 Å². The van der Waals surface area contributed by atoms with E-state index in [1.54, 1.807) is 12.1 Å². The van der Waals surface area contributed by atoms with Crippen molar-refractivity contribution in [1.82, 2.24) is 18.3 Å². The summed E-state index contributed by atoms with van der Waals surface area (Å²) in [6, 6.07) is 155. The summed E-state index contributed by atoms with van der Waals surface area (Å²) in [6.45, 7) is 0. The summed E-state index contributed by atoms with van der Waals surface area (Å²) in [7, 11) is -1.39. The van der Waals surface area contributed by atoms with Gasteiger partial charge in [-0.15, -0.1) is 0 Å². The van der Waals surface area contributed by atoms with Gasteiger partial charge in [0.05, 0.1) is 44.1 Å². The number of hydrogen-bond donors (Lipinski definition) is 2. The van der Waals surface area contributed by atoms with Crippen LogP contribution in [-0.4, -0.2) is 35.4 Å². The molecule has 548 valence electrons. The molecule has 0 fully saturated rings. The van der Waals surface area contributed by atoms with Crippen molar-refractivity contribution in [2.75, 3.05) is 0 Å². The highest BCUT2D eigenvalue weighted by Crippen LogP contribution is 2.44. The molecule has 116 heavy (non-hydrogen) atoms. The Kier molecular flexibility index (Phi) is 18.5. The highest BCUT2D eigenvalue weighted by atomic mass is 35.5. The fourth-order valence-corrected chi connectivity index (χ4v) is 17.3. The molecular weight excluding hydrogens is 1430 g/mol. The van der Waals surface area contributed by atoms with E-state index in [2.05, 4.69) is 400 Å². The first-order valence-corrected chi connectivity index (χ1v) is 39.6. The van der Waals surface area contributed by atoms with Crippen molar-refractivity contribution < 1.29 is 10.0 Å². The van der Waals surface area contributed by atoms with Crippen molar-refractivity contribution in [3.8, 4) is 101 Å². The van der Waals surface area contributed by atoms with Crippen molar-refractivity contribution in [2.45, 2.75) is 0 Å². The van der Waals surface area contributed by atoms with Crippen molar-refractivity contribution in [3.05, 3.63) is 442 Å². The zero-order valence-electron chi connectivity index (χ0n) is 63.2. The number of fused-ring (bicyclic) bond motifs is 12. The lowest BCUT2D eigenvalue weighted by atomic mass is 9.80. The molecule has 0 aliphatic carbocycles. The number of para-hydroxylation sites is 8. The van der Waals surface area contributed by atoms with E-state index in [-0.39, 0.29) is 0 Å². The van der Waals surface area contributed by atoms with E-state index < -0.39 is 7.12 Å². The summed E-state index contributed by atoms with van der Waals surface area (Å²) >= 11 is 6.86. The molecule has 0 saturated heterocycles. The lowest BCUT2D eigenvalue weighted by Gasteiger charge is -2.14. The summed E-state index contributed by atoms with van der Waals surface area (Å²) in [4.78, 5) is 0. The number of aromatic nitrogens is 4. The minimum absolute atomic E-state index is 0.509. The van der Waals surface area contributed by atoms with E-state index in [1.807, 2.05) is 42.5 Å². The lowest BCUT2D eigenvalue weighted by Crippen LogP contribution is -2.29. The molecule has 0 aliphatic heterocycles. The van der Waals surface area contributed by atoms with Gasteiger partial charge in [-0.25, -0.2) is 0 Å². The van der Waals surface area contributed by atoms with E-state index >= 15 is 0 Å². The predicted molar refractivity (Wildman–Crippen MR) is 490 cm³/mol. The topological polar surface area (TPSA) is 60.2 Å². The van der Waals surface area contributed by atoms with Crippen LogP contribution in [0.5, 0.6) is 0 Å². The fraction of sp³-hybridized carbons (Fsp3) is 0. The van der Waals surface area contributed by atoms with Gasteiger partial charge in [0.1, 0.15) is 0 Å². The van der Waals surface area contributed by atoms with Gasteiger partial charge >= 0.3 is 7.12 Å². The van der Waals surface area contributed by atoms with Gasteiger partial charge in [0.2, 0.25) is 0 Å². The number of hydrogen-bond acceptors (Lipinski definition) is 2. The van der Waals surface area contributed by atoms with Crippen LogP contribution in [0.4, 0.5) is 0 Å². The van der Waals surface area contributed by atoms with E-state index in [1.165, 1.54) is 132 Å². The monoisotopic (exact) mass is 1500 g/mol. The highest BCUT2D eigenvalue weighted by Gasteiger charge is 2.21. The number of rotatable bonds is 12. The van der Waals surface area contributed by atoms with E-state index in [0.29, 0.717) is 5.46 Å². The molecule has 4 aromatic heterocycles. The Balaban J connectivity index is 0.000000129. The maximum atomic E-state index is 8.94. The standard InChI is InChI=1S/C54H36N2.C42H27ClN2.C12H11BO2/c1-4-14-37(15-5-1)38-24-26-39(27-25-38)42-32-43(40-28-30-49-47-20-10-12-22-51(47)55(53(49)35-40)45-16-6-2-7-17-45)34-44(33-42)41-29-31-50-48-21-11-13-23-52(48)56(54(50)36-41)46-18-8-3-9-19-46;43-32-24-30(28-19-21-37-35-15-7-9-17-39(35)44(41(37)26-28)33-11-3-1-4-12-33)23-31(25-32)29-20-22-38-36-16-8-10-18-40(36)45(42(38)27-29)34-13-5-2-6-14-34;14-13(15)12-8-6-11(7-9-12)10-4-2-1-3-5-10/h1-36H;1-27H;1-9,14-15H. The van der Waals surface area contributed by atoms with E-state index in [9.17, 15) is 0 Å². The Morgan fingerprint density at radius 2 is 0.362 bits per heavy atom. The second-order valence-corrected chi connectivity index (χ2v) is 29.9. The first-order valence-electron chi connectivity index (χ1n) is 39.3. The van der Waals surface area contributed by atoms with Gasteiger partial charge in [0.25, 0.3) is 0 Å². The first kappa shape index (κ1) is 70.5. The van der Waals surface area contributed by atoms with Gasteiger partial charge in [-0.2, -0.15) is 0 Å². The number of halogens is 1. The molecule has 0 spiro atoms. The third-order valence-corrected chi connectivity index (χ3v) is 22.8. The van der Waals surface area contributed by atoms with E-state index in [0.717, 1.165) is 61.2 Å². The zero-order chi connectivity index (χ0) is 77.6. The van der Waals surface area contributed by atoms with Gasteiger partial charge < -0.3 is 28.3 Å².